The molecule has 0 saturated heterocycles. The average Bonchev–Trinajstić information content (AvgIpc) is 2.61. The van der Waals surface area contributed by atoms with Gasteiger partial charge in [-0.3, -0.25) is 4.79 Å². The maximum atomic E-state index is 12.7. The molecule has 7 heteroatoms. The van der Waals surface area contributed by atoms with Crippen molar-refractivity contribution in [3.63, 3.8) is 0 Å². The smallest absolute Gasteiger partial charge is 0.277 e. The van der Waals surface area contributed by atoms with E-state index in [2.05, 4.69) is 21.2 Å². The van der Waals surface area contributed by atoms with Crippen LogP contribution in [-0.2, 0) is 0 Å². The molecule has 1 heterocycles. The van der Waals surface area contributed by atoms with E-state index in [-0.39, 0.29) is 0 Å². The lowest BCUT2D eigenvalue weighted by Gasteiger charge is -2.13. The minimum Gasteiger partial charge on any atom is -0.345 e. The van der Waals surface area contributed by atoms with Crippen LogP contribution < -0.4 is 11.1 Å². The first-order valence-electron chi connectivity index (χ1n) is 4.05. The quantitative estimate of drug-likeness (QED) is 0.891. The van der Waals surface area contributed by atoms with E-state index in [0.717, 1.165) is 0 Å². The van der Waals surface area contributed by atoms with Gasteiger partial charge in [0.05, 0.1) is 13.1 Å². The molecule has 0 bridgehead atoms. The highest BCUT2D eigenvalue weighted by atomic mass is 79.9. The van der Waals surface area contributed by atoms with E-state index in [0.29, 0.717) is 9.35 Å². The number of hydrogen-bond acceptors (Lipinski definition) is 3. The molecule has 0 atom stereocenters. The van der Waals surface area contributed by atoms with E-state index in [4.69, 9.17) is 5.73 Å². The van der Waals surface area contributed by atoms with Crippen LogP contribution in [0.25, 0.3) is 0 Å². The number of carbonyl (C=O) groups is 1. The molecule has 0 aliphatic carbocycles. The van der Waals surface area contributed by atoms with Crippen LogP contribution in [0.3, 0.4) is 0 Å². The molecule has 15 heavy (non-hydrogen) atoms. The molecule has 1 aromatic heterocycles. The number of nitrogens with one attached hydrogen (secondary N) is 1. The van der Waals surface area contributed by atoms with Crippen LogP contribution in [0.1, 0.15) is 9.67 Å². The average molecular weight is 299 g/mol. The molecule has 0 radical (unpaired) electrons. The molecular formula is C8H9BrF2N2OS. The number of nitrogens with two attached hydrogens (primary N) is 1. The van der Waals surface area contributed by atoms with Crippen LogP contribution in [0.2, 0.25) is 0 Å². The maximum absolute atomic E-state index is 12.7. The maximum Gasteiger partial charge on any atom is 0.277 e. The van der Waals surface area contributed by atoms with Gasteiger partial charge in [-0.05, 0) is 27.4 Å². The van der Waals surface area contributed by atoms with Crippen molar-refractivity contribution in [1.29, 1.82) is 0 Å². The van der Waals surface area contributed by atoms with Crippen LogP contribution >= 0.6 is 27.3 Å². The van der Waals surface area contributed by atoms with Gasteiger partial charge in [-0.25, -0.2) is 8.78 Å². The molecule has 84 valence electrons. The Morgan fingerprint density at radius 3 is 2.80 bits per heavy atom. The molecule has 0 unspecified atom stereocenters. The van der Waals surface area contributed by atoms with Crippen molar-refractivity contribution in [2.45, 2.75) is 5.92 Å². The summed E-state index contributed by atoms with van der Waals surface area (Å²) in [7, 11) is 0. The Morgan fingerprint density at radius 1 is 1.67 bits per heavy atom. The number of hydrogen-bond donors (Lipinski definition) is 2. The molecule has 1 rings (SSSR count). The van der Waals surface area contributed by atoms with Crippen molar-refractivity contribution in [3.05, 3.63) is 20.8 Å². The van der Waals surface area contributed by atoms with E-state index in [1.807, 2.05) is 0 Å². The third-order valence-corrected chi connectivity index (χ3v) is 3.47. The van der Waals surface area contributed by atoms with E-state index < -0.39 is 24.9 Å². The lowest BCUT2D eigenvalue weighted by Crippen LogP contribution is -2.41. The second kappa shape index (κ2) is 5.00. The molecule has 0 aromatic carbocycles. The minimum absolute atomic E-state index is 0.378. The van der Waals surface area contributed by atoms with Crippen molar-refractivity contribution < 1.29 is 13.6 Å². The molecule has 0 aliphatic rings. The second-order valence-corrected chi connectivity index (χ2v) is 4.61. The van der Waals surface area contributed by atoms with Gasteiger partial charge in [0.25, 0.3) is 11.8 Å². The highest BCUT2D eigenvalue weighted by Crippen LogP contribution is 2.22. The number of alkyl halides is 2. The van der Waals surface area contributed by atoms with E-state index in [1.54, 1.807) is 11.4 Å². The van der Waals surface area contributed by atoms with Gasteiger partial charge in [0, 0.05) is 4.47 Å². The Morgan fingerprint density at radius 2 is 2.33 bits per heavy atom. The van der Waals surface area contributed by atoms with E-state index in [9.17, 15) is 13.6 Å². The fourth-order valence-electron chi connectivity index (χ4n) is 0.818. The monoisotopic (exact) mass is 298 g/mol. The third-order valence-electron chi connectivity index (χ3n) is 1.63. The number of halogens is 3. The normalized spacial score (nSPS) is 11.5. The summed E-state index contributed by atoms with van der Waals surface area (Å²) in [4.78, 5) is 11.8. The fraction of sp³-hybridized carbons (Fsp3) is 0.375. The molecule has 0 aliphatic heterocycles. The summed E-state index contributed by atoms with van der Waals surface area (Å²) in [6.45, 7) is -1.52. The first-order chi connectivity index (χ1) is 6.96. The van der Waals surface area contributed by atoms with Gasteiger partial charge in [-0.15, -0.1) is 11.3 Å². The molecule has 3 nitrogen and oxygen atoms in total. The van der Waals surface area contributed by atoms with Crippen LogP contribution in [-0.4, -0.2) is 24.9 Å². The number of carbonyl (C=O) groups excluding carboxylic acids is 1. The van der Waals surface area contributed by atoms with Gasteiger partial charge in [-0.1, -0.05) is 0 Å². The molecule has 0 saturated carbocycles. The van der Waals surface area contributed by atoms with Crippen LogP contribution in [0.4, 0.5) is 8.78 Å². The summed E-state index contributed by atoms with van der Waals surface area (Å²) in [6.07, 6.45) is 0. The Hall–Kier alpha value is -0.530. The Bertz CT molecular complexity index is 356. The van der Waals surface area contributed by atoms with Crippen molar-refractivity contribution in [2.24, 2.45) is 5.73 Å². The molecule has 0 spiro atoms. The second-order valence-electron chi connectivity index (χ2n) is 2.84. The summed E-state index contributed by atoms with van der Waals surface area (Å²) >= 11 is 4.32. The first kappa shape index (κ1) is 12.5. The number of amides is 1. The van der Waals surface area contributed by atoms with Crippen molar-refractivity contribution in [1.82, 2.24) is 5.32 Å². The highest BCUT2D eigenvalue weighted by molar-refractivity contribution is 9.10. The predicted octanol–water partition coefficient (Wildman–Crippen LogP) is 1.83. The standard InChI is InChI=1S/C8H9BrF2N2OS/c9-5-1-2-15-6(5)7(14)13-4-8(10,11)3-12/h1-2H,3-4,12H2,(H,13,14). The van der Waals surface area contributed by atoms with Gasteiger partial charge in [0.15, 0.2) is 0 Å². The van der Waals surface area contributed by atoms with Gasteiger partial charge >= 0.3 is 0 Å². The first-order valence-corrected chi connectivity index (χ1v) is 5.72. The Balaban J connectivity index is 2.55. The zero-order valence-electron chi connectivity index (χ0n) is 7.60. The lowest BCUT2D eigenvalue weighted by molar-refractivity contribution is 0.0119. The Kier molecular flexibility index (Phi) is 4.18. The highest BCUT2D eigenvalue weighted by Gasteiger charge is 2.27. The third kappa shape index (κ3) is 3.51. The van der Waals surface area contributed by atoms with Crippen molar-refractivity contribution >= 4 is 33.2 Å². The van der Waals surface area contributed by atoms with E-state index in [1.165, 1.54) is 11.3 Å². The Labute approximate surface area is 97.8 Å². The fourth-order valence-corrected chi connectivity index (χ4v) is 2.29. The van der Waals surface area contributed by atoms with Crippen molar-refractivity contribution in [3.8, 4) is 0 Å². The van der Waals surface area contributed by atoms with E-state index >= 15 is 0 Å². The summed E-state index contributed by atoms with van der Waals surface area (Å²) in [5.41, 5.74) is 4.83. The van der Waals surface area contributed by atoms with Crippen LogP contribution in [0.5, 0.6) is 0 Å². The molecule has 1 aromatic rings. The lowest BCUT2D eigenvalue weighted by atomic mass is 10.3. The molecule has 1 amide bonds. The summed E-state index contributed by atoms with van der Waals surface area (Å²) < 4.78 is 26.0. The van der Waals surface area contributed by atoms with Gasteiger partial charge in [0.2, 0.25) is 0 Å². The van der Waals surface area contributed by atoms with Crippen LogP contribution in [0.15, 0.2) is 15.9 Å². The summed E-state index contributed by atoms with van der Waals surface area (Å²) in [6, 6.07) is 1.68. The largest absolute Gasteiger partial charge is 0.345 e. The summed E-state index contributed by atoms with van der Waals surface area (Å²) in [5, 5.41) is 3.82. The molecule has 0 fully saturated rings. The van der Waals surface area contributed by atoms with Gasteiger partial charge in [-0.2, -0.15) is 0 Å². The topological polar surface area (TPSA) is 55.1 Å². The van der Waals surface area contributed by atoms with Gasteiger partial charge in [0.1, 0.15) is 4.88 Å². The summed E-state index contributed by atoms with van der Waals surface area (Å²) in [5.74, 6) is -3.58. The van der Waals surface area contributed by atoms with Crippen molar-refractivity contribution in [2.75, 3.05) is 13.1 Å². The molecule has 3 N–H and O–H groups in total. The van der Waals surface area contributed by atoms with Gasteiger partial charge < -0.3 is 11.1 Å². The zero-order valence-corrected chi connectivity index (χ0v) is 10.00. The van der Waals surface area contributed by atoms with Crippen LogP contribution in [0, 0.1) is 0 Å². The minimum atomic E-state index is -3.06. The molecular weight excluding hydrogens is 290 g/mol. The number of thiophene rings is 1. The SMILES string of the molecule is NCC(F)(F)CNC(=O)c1sccc1Br. The number of rotatable bonds is 4. The predicted molar refractivity (Wildman–Crippen MR) is 58.4 cm³/mol. The zero-order chi connectivity index (χ0) is 11.5.